The third-order valence-corrected chi connectivity index (χ3v) is 5.75. The molecule has 2 heterocycles. The van der Waals surface area contributed by atoms with Gasteiger partial charge in [0.25, 0.3) is 5.91 Å². The summed E-state index contributed by atoms with van der Waals surface area (Å²) in [5, 5.41) is 6.57. The molecule has 0 aliphatic carbocycles. The molecule has 4 N–H and O–H groups in total. The fraction of sp³-hybridized carbons (Fsp3) is 0.308. The van der Waals surface area contributed by atoms with Gasteiger partial charge in [0.2, 0.25) is 0 Å². The Balaban J connectivity index is 1.35. The first-order chi connectivity index (χ1) is 16.2. The number of amides is 1. The van der Waals surface area contributed by atoms with Crippen LogP contribution in [0.5, 0.6) is 5.75 Å². The van der Waals surface area contributed by atoms with Crippen LogP contribution in [-0.2, 0) is 6.54 Å². The number of anilines is 3. The number of carbonyl (C=O) groups excluding carboxylic acids is 1. The lowest BCUT2D eigenvalue weighted by molar-refractivity contribution is 0.100. The van der Waals surface area contributed by atoms with E-state index in [0.717, 1.165) is 23.5 Å². The van der Waals surface area contributed by atoms with Gasteiger partial charge in [0.1, 0.15) is 18.2 Å². The SMILES string of the molecule is NC(=O)c1cnc(Nc2ccc(OCCN3CCCCC3)cc2)cc1NCc1ccccc1. The Bertz CT molecular complexity index is 1030. The number of nitrogens with two attached hydrogens (primary N) is 1. The predicted octanol–water partition coefficient (Wildman–Crippen LogP) is 4.40. The molecular weight excluding hydrogens is 414 g/mol. The Morgan fingerprint density at radius 2 is 1.79 bits per heavy atom. The van der Waals surface area contributed by atoms with Gasteiger partial charge in [0, 0.05) is 31.0 Å². The average molecular weight is 446 g/mol. The molecule has 1 saturated heterocycles. The lowest BCUT2D eigenvalue weighted by atomic mass is 10.1. The van der Waals surface area contributed by atoms with E-state index in [9.17, 15) is 4.79 Å². The normalized spacial score (nSPS) is 13.9. The average Bonchev–Trinajstić information content (AvgIpc) is 2.85. The molecule has 7 heteroatoms. The number of hydrogen-bond acceptors (Lipinski definition) is 6. The zero-order valence-electron chi connectivity index (χ0n) is 18.8. The standard InChI is InChI=1S/C26H31N5O2/c27-26(32)23-19-29-25(17-24(23)28-18-20-7-3-1-4-8-20)30-21-9-11-22(12-10-21)33-16-15-31-13-5-2-6-14-31/h1,3-4,7-12,17,19H,2,5-6,13-16,18H2,(H2,27,32)(H2,28,29,30). The van der Waals surface area contributed by atoms with Gasteiger partial charge >= 0.3 is 0 Å². The van der Waals surface area contributed by atoms with Crippen LogP contribution in [-0.4, -0.2) is 42.0 Å². The summed E-state index contributed by atoms with van der Waals surface area (Å²) in [5.74, 6) is 0.949. The maximum atomic E-state index is 11.8. The van der Waals surface area contributed by atoms with Gasteiger partial charge in [0.15, 0.2) is 0 Å². The van der Waals surface area contributed by atoms with Crippen molar-refractivity contribution in [1.82, 2.24) is 9.88 Å². The lowest BCUT2D eigenvalue weighted by Gasteiger charge is -2.26. The van der Waals surface area contributed by atoms with Gasteiger partial charge in [-0.15, -0.1) is 0 Å². The van der Waals surface area contributed by atoms with Crippen molar-refractivity contribution in [2.24, 2.45) is 5.73 Å². The molecule has 0 radical (unpaired) electrons. The number of likely N-dealkylation sites (tertiary alicyclic amines) is 1. The number of nitrogens with zero attached hydrogens (tertiary/aromatic N) is 2. The van der Waals surface area contributed by atoms with E-state index in [0.29, 0.717) is 30.2 Å². The number of piperidine rings is 1. The monoisotopic (exact) mass is 445 g/mol. The second kappa shape index (κ2) is 11.3. The third kappa shape index (κ3) is 6.70. The minimum atomic E-state index is -0.518. The van der Waals surface area contributed by atoms with E-state index >= 15 is 0 Å². The van der Waals surface area contributed by atoms with E-state index in [-0.39, 0.29) is 0 Å². The highest BCUT2D eigenvalue weighted by Crippen LogP contribution is 2.24. The molecule has 1 aromatic heterocycles. The first kappa shape index (κ1) is 22.6. The summed E-state index contributed by atoms with van der Waals surface area (Å²) in [6.45, 7) is 4.59. The molecule has 4 rings (SSSR count). The quantitative estimate of drug-likeness (QED) is 0.428. The predicted molar refractivity (Wildman–Crippen MR) is 132 cm³/mol. The Morgan fingerprint density at radius 1 is 1.03 bits per heavy atom. The molecule has 33 heavy (non-hydrogen) atoms. The van der Waals surface area contributed by atoms with Crippen LogP contribution in [0.15, 0.2) is 66.9 Å². The highest BCUT2D eigenvalue weighted by atomic mass is 16.5. The highest BCUT2D eigenvalue weighted by Gasteiger charge is 2.11. The molecule has 3 aromatic rings. The van der Waals surface area contributed by atoms with Crippen molar-refractivity contribution in [2.75, 3.05) is 36.9 Å². The number of rotatable bonds is 10. The molecule has 0 bridgehead atoms. The van der Waals surface area contributed by atoms with E-state index < -0.39 is 5.91 Å². The molecular formula is C26H31N5O2. The van der Waals surface area contributed by atoms with Crippen LogP contribution in [0, 0.1) is 0 Å². The molecule has 1 aliphatic rings. The first-order valence-electron chi connectivity index (χ1n) is 11.5. The van der Waals surface area contributed by atoms with E-state index in [2.05, 4.69) is 20.5 Å². The Hall–Kier alpha value is -3.58. The summed E-state index contributed by atoms with van der Waals surface area (Å²) in [7, 11) is 0. The lowest BCUT2D eigenvalue weighted by Crippen LogP contribution is -2.33. The summed E-state index contributed by atoms with van der Waals surface area (Å²) in [5.41, 5.74) is 8.52. The fourth-order valence-electron chi connectivity index (χ4n) is 3.92. The van der Waals surface area contributed by atoms with E-state index in [1.165, 1.54) is 38.5 Å². The maximum Gasteiger partial charge on any atom is 0.252 e. The van der Waals surface area contributed by atoms with Crippen molar-refractivity contribution >= 4 is 23.1 Å². The van der Waals surface area contributed by atoms with Crippen LogP contribution >= 0.6 is 0 Å². The second-order valence-corrected chi connectivity index (χ2v) is 8.22. The van der Waals surface area contributed by atoms with Gasteiger partial charge in [0.05, 0.1) is 11.3 Å². The molecule has 2 aromatic carbocycles. The van der Waals surface area contributed by atoms with Gasteiger partial charge in [-0.3, -0.25) is 9.69 Å². The number of benzene rings is 2. The van der Waals surface area contributed by atoms with Crippen LogP contribution in [0.4, 0.5) is 17.2 Å². The second-order valence-electron chi connectivity index (χ2n) is 8.22. The Morgan fingerprint density at radius 3 is 2.52 bits per heavy atom. The van der Waals surface area contributed by atoms with Gasteiger partial charge in [-0.05, 0) is 55.8 Å². The van der Waals surface area contributed by atoms with Gasteiger partial charge in [-0.2, -0.15) is 0 Å². The van der Waals surface area contributed by atoms with Crippen LogP contribution in [0.2, 0.25) is 0 Å². The third-order valence-electron chi connectivity index (χ3n) is 5.75. The minimum absolute atomic E-state index is 0.355. The number of ether oxygens (including phenoxy) is 1. The van der Waals surface area contributed by atoms with Crippen molar-refractivity contribution in [2.45, 2.75) is 25.8 Å². The topological polar surface area (TPSA) is 92.5 Å². The maximum absolute atomic E-state index is 11.8. The van der Waals surface area contributed by atoms with Crippen LogP contribution in [0.25, 0.3) is 0 Å². The van der Waals surface area contributed by atoms with Crippen LogP contribution < -0.4 is 21.1 Å². The molecule has 0 atom stereocenters. The summed E-state index contributed by atoms with van der Waals surface area (Å²) >= 11 is 0. The van der Waals surface area contributed by atoms with Crippen LogP contribution in [0.1, 0.15) is 35.2 Å². The molecule has 0 saturated carbocycles. The van der Waals surface area contributed by atoms with Crippen molar-refractivity contribution in [1.29, 1.82) is 0 Å². The van der Waals surface area contributed by atoms with Gasteiger partial charge in [-0.1, -0.05) is 36.8 Å². The summed E-state index contributed by atoms with van der Waals surface area (Å²) in [4.78, 5) is 18.6. The van der Waals surface area contributed by atoms with Gasteiger partial charge < -0.3 is 21.1 Å². The first-order valence-corrected chi connectivity index (χ1v) is 11.5. The minimum Gasteiger partial charge on any atom is -0.492 e. The highest BCUT2D eigenvalue weighted by molar-refractivity contribution is 5.98. The number of primary amides is 1. The van der Waals surface area contributed by atoms with Crippen molar-refractivity contribution < 1.29 is 9.53 Å². The van der Waals surface area contributed by atoms with Crippen molar-refractivity contribution in [3.63, 3.8) is 0 Å². The molecule has 1 fully saturated rings. The number of carbonyl (C=O) groups is 1. The number of pyridine rings is 1. The summed E-state index contributed by atoms with van der Waals surface area (Å²) in [6, 6.07) is 19.6. The van der Waals surface area contributed by atoms with Gasteiger partial charge in [-0.25, -0.2) is 4.98 Å². The Kier molecular flexibility index (Phi) is 7.76. The van der Waals surface area contributed by atoms with E-state index in [1.807, 2.05) is 54.6 Å². The summed E-state index contributed by atoms with van der Waals surface area (Å²) < 4.78 is 5.90. The largest absolute Gasteiger partial charge is 0.492 e. The zero-order chi connectivity index (χ0) is 22.9. The van der Waals surface area contributed by atoms with Crippen LogP contribution in [0.3, 0.4) is 0 Å². The summed E-state index contributed by atoms with van der Waals surface area (Å²) in [6.07, 6.45) is 5.42. The van der Waals surface area contributed by atoms with Crippen molar-refractivity contribution in [3.8, 4) is 5.75 Å². The molecule has 1 amide bonds. The Labute approximate surface area is 195 Å². The smallest absolute Gasteiger partial charge is 0.252 e. The molecule has 0 spiro atoms. The number of nitrogens with one attached hydrogen (secondary N) is 2. The molecule has 1 aliphatic heterocycles. The van der Waals surface area contributed by atoms with E-state index in [1.54, 1.807) is 6.07 Å². The number of aromatic nitrogens is 1. The molecule has 172 valence electrons. The fourth-order valence-corrected chi connectivity index (χ4v) is 3.92. The zero-order valence-corrected chi connectivity index (χ0v) is 18.8. The molecule has 0 unspecified atom stereocenters. The number of hydrogen-bond donors (Lipinski definition) is 3. The van der Waals surface area contributed by atoms with Crippen molar-refractivity contribution in [3.05, 3.63) is 78.0 Å². The van der Waals surface area contributed by atoms with E-state index in [4.69, 9.17) is 10.5 Å². The molecule has 7 nitrogen and oxygen atoms in total.